The molecule has 106 valence electrons. The average Bonchev–Trinajstić information content (AvgIpc) is 2.88. The van der Waals surface area contributed by atoms with E-state index in [0.29, 0.717) is 18.8 Å². The van der Waals surface area contributed by atoms with Gasteiger partial charge in [-0.25, -0.2) is 0 Å². The van der Waals surface area contributed by atoms with Crippen LogP contribution in [0.3, 0.4) is 0 Å². The topological polar surface area (TPSA) is 85.8 Å². The Balaban J connectivity index is 2.03. The van der Waals surface area contributed by atoms with Crippen molar-refractivity contribution in [3.63, 3.8) is 0 Å². The van der Waals surface area contributed by atoms with Crippen molar-refractivity contribution in [1.82, 2.24) is 20.3 Å². The van der Waals surface area contributed by atoms with Crippen LogP contribution in [0.25, 0.3) is 0 Å². The van der Waals surface area contributed by atoms with Crippen LogP contribution in [-0.2, 0) is 6.54 Å². The van der Waals surface area contributed by atoms with Gasteiger partial charge in [-0.05, 0) is 24.6 Å². The van der Waals surface area contributed by atoms with Crippen molar-refractivity contribution in [3.8, 4) is 0 Å². The Morgan fingerprint density at radius 1 is 1.55 bits per heavy atom. The third-order valence-corrected chi connectivity index (χ3v) is 3.32. The highest BCUT2D eigenvalue weighted by Crippen LogP contribution is 2.18. The summed E-state index contributed by atoms with van der Waals surface area (Å²) in [6.45, 7) is 2.92. The van der Waals surface area contributed by atoms with E-state index in [1.807, 2.05) is 31.2 Å². The first-order valence-corrected chi connectivity index (χ1v) is 7.06. The lowest BCUT2D eigenvalue weighted by atomic mass is 10.1. The Hall–Kier alpha value is -1.73. The lowest BCUT2D eigenvalue weighted by Crippen LogP contribution is -2.27. The Bertz CT molecular complexity index is 598. The number of nitrogens with two attached hydrogens (primary N) is 1. The molecule has 0 aliphatic heterocycles. The molecular weight excluding hydrogens is 322 g/mol. The maximum Gasteiger partial charge on any atom is 0.273 e. The van der Waals surface area contributed by atoms with Crippen molar-refractivity contribution in [2.75, 3.05) is 6.54 Å². The summed E-state index contributed by atoms with van der Waals surface area (Å²) in [5.41, 5.74) is 6.73. The minimum absolute atomic E-state index is 0.111. The average molecular weight is 338 g/mol. The third kappa shape index (κ3) is 3.64. The fourth-order valence-corrected chi connectivity index (χ4v) is 2.19. The number of amides is 1. The summed E-state index contributed by atoms with van der Waals surface area (Å²) >= 11 is 3.41. The standard InChI is InChI=1S/C13H16BrN5O/c1-9(10-3-2-4-11(14)7-10)16-13(20)12-8-19(6-5-15)18-17-12/h2-4,7-9H,5-6,15H2,1H3,(H,16,20). The molecule has 2 rings (SSSR count). The number of benzene rings is 1. The Labute approximate surface area is 125 Å². The number of carbonyl (C=O) groups excluding carboxylic acids is 1. The fraction of sp³-hybridized carbons (Fsp3) is 0.308. The highest BCUT2D eigenvalue weighted by Gasteiger charge is 2.14. The molecular formula is C13H16BrN5O. The van der Waals surface area contributed by atoms with E-state index in [-0.39, 0.29) is 11.9 Å². The molecule has 0 aliphatic carbocycles. The van der Waals surface area contributed by atoms with Gasteiger partial charge >= 0.3 is 0 Å². The van der Waals surface area contributed by atoms with Crippen molar-refractivity contribution in [2.45, 2.75) is 19.5 Å². The van der Waals surface area contributed by atoms with Crippen LogP contribution < -0.4 is 11.1 Å². The molecule has 0 fully saturated rings. The van der Waals surface area contributed by atoms with E-state index in [9.17, 15) is 4.79 Å². The summed E-state index contributed by atoms with van der Waals surface area (Å²) in [4.78, 5) is 12.1. The summed E-state index contributed by atoms with van der Waals surface area (Å²) < 4.78 is 2.53. The number of carbonyl (C=O) groups is 1. The minimum atomic E-state index is -0.249. The zero-order valence-corrected chi connectivity index (χ0v) is 12.7. The van der Waals surface area contributed by atoms with Gasteiger partial charge < -0.3 is 11.1 Å². The molecule has 1 unspecified atom stereocenters. The molecule has 7 heteroatoms. The van der Waals surface area contributed by atoms with E-state index >= 15 is 0 Å². The van der Waals surface area contributed by atoms with Crippen molar-refractivity contribution >= 4 is 21.8 Å². The van der Waals surface area contributed by atoms with Crippen molar-refractivity contribution in [1.29, 1.82) is 0 Å². The van der Waals surface area contributed by atoms with Crippen molar-refractivity contribution in [3.05, 3.63) is 46.2 Å². The molecule has 0 saturated heterocycles. The monoisotopic (exact) mass is 337 g/mol. The van der Waals surface area contributed by atoms with Crippen LogP contribution in [0.4, 0.5) is 0 Å². The molecule has 3 N–H and O–H groups in total. The molecule has 1 atom stereocenters. The van der Waals surface area contributed by atoms with Crippen LogP contribution in [0.5, 0.6) is 0 Å². The summed E-state index contributed by atoms with van der Waals surface area (Å²) in [7, 11) is 0. The van der Waals surface area contributed by atoms with Crippen LogP contribution in [0, 0.1) is 0 Å². The quantitative estimate of drug-likeness (QED) is 0.865. The second kappa shape index (κ2) is 6.62. The van der Waals surface area contributed by atoms with Crippen LogP contribution in [0.15, 0.2) is 34.9 Å². The SMILES string of the molecule is CC(NC(=O)c1cn(CCN)nn1)c1cccc(Br)c1. The molecule has 1 heterocycles. The lowest BCUT2D eigenvalue weighted by molar-refractivity contribution is 0.0934. The predicted molar refractivity (Wildman–Crippen MR) is 79.1 cm³/mol. The number of hydrogen-bond donors (Lipinski definition) is 2. The zero-order valence-electron chi connectivity index (χ0n) is 11.1. The van der Waals surface area contributed by atoms with Gasteiger partial charge in [-0.1, -0.05) is 33.3 Å². The number of hydrogen-bond acceptors (Lipinski definition) is 4. The first kappa shape index (κ1) is 14.7. The number of rotatable bonds is 5. The first-order chi connectivity index (χ1) is 9.60. The molecule has 0 spiro atoms. The molecule has 6 nitrogen and oxygen atoms in total. The third-order valence-electron chi connectivity index (χ3n) is 2.83. The minimum Gasteiger partial charge on any atom is -0.344 e. The maximum atomic E-state index is 12.1. The van der Waals surface area contributed by atoms with E-state index in [1.54, 1.807) is 10.9 Å². The number of halogens is 1. The molecule has 1 aromatic heterocycles. The van der Waals surface area contributed by atoms with Crippen molar-refractivity contribution < 1.29 is 4.79 Å². The van der Waals surface area contributed by atoms with Crippen LogP contribution in [-0.4, -0.2) is 27.4 Å². The number of nitrogens with one attached hydrogen (secondary N) is 1. The molecule has 0 saturated carbocycles. The van der Waals surface area contributed by atoms with E-state index in [0.717, 1.165) is 10.0 Å². The van der Waals surface area contributed by atoms with Crippen LogP contribution in [0.1, 0.15) is 29.0 Å². The maximum absolute atomic E-state index is 12.1. The van der Waals surface area contributed by atoms with Crippen LogP contribution in [0.2, 0.25) is 0 Å². The fourth-order valence-electron chi connectivity index (χ4n) is 1.77. The largest absolute Gasteiger partial charge is 0.344 e. The van der Waals surface area contributed by atoms with Gasteiger partial charge in [-0.15, -0.1) is 5.10 Å². The molecule has 2 aromatic rings. The summed E-state index contributed by atoms with van der Waals surface area (Å²) in [5, 5.41) is 10.6. The number of aromatic nitrogens is 3. The van der Waals surface area contributed by atoms with Gasteiger partial charge in [0.1, 0.15) is 0 Å². The molecule has 20 heavy (non-hydrogen) atoms. The van der Waals surface area contributed by atoms with Gasteiger partial charge in [0.2, 0.25) is 0 Å². The Morgan fingerprint density at radius 3 is 3.05 bits per heavy atom. The second-order valence-corrected chi connectivity index (χ2v) is 5.32. The summed E-state index contributed by atoms with van der Waals surface area (Å²) in [6, 6.07) is 7.69. The van der Waals surface area contributed by atoms with E-state index in [2.05, 4.69) is 31.6 Å². The number of nitrogens with zero attached hydrogens (tertiary/aromatic N) is 3. The predicted octanol–water partition coefficient (Wildman–Crippen LogP) is 1.49. The molecule has 0 aliphatic rings. The summed E-state index contributed by atoms with van der Waals surface area (Å²) in [5.74, 6) is -0.249. The molecule has 1 amide bonds. The van der Waals surface area contributed by atoms with Gasteiger partial charge in [0, 0.05) is 11.0 Å². The normalized spacial score (nSPS) is 12.2. The molecule has 0 bridgehead atoms. The highest BCUT2D eigenvalue weighted by molar-refractivity contribution is 9.10. The van der Waals surface area contributed by atoms with E-state index < -0.39 is 0 Å². The van der Waals surface area contributed by atoms with Gasteiger partial charge in [-0.3, -0.25) is 9.48 Å². The second-order valence-electron chi connectivity index (χ2n) is 4.41. The molecule has 1 aromatic carbocycles. The van der Waals surface area contributed by atoms with E-state index in [4.69, 9.17) is 5.73 Å². The molecule has 0 radical (unpaired) electrons. The van der Waals surface area contributed by atoms with Crippen LogP contribution >= 0.6 is 15.9 Å². The Kier molecular flexibility index (Phi) is 4.86. The smallest absolute Gasteiger partial charge is 0.273 e. The van der Waals surface area contributed by atoms with Gasteiger partial charge in [-0.2, -0.15) is 0 Å². The van der Waals surface area contributed by atoms with E-state index in [1.165, 1.54) is 0 Å². The van der Waals surface area contributed by atoms with Gasteiger partial charge in [0.15, 0.2) is 5.69 Å². The Morgan fingerprint density at radius 2 is 2.35 bits per heavy atom. The summed E-state index contributed by atoms with van der Waals surface area (Å²) in [6.07, 6.45) is 1.59. The highest BCUT2D eigenvalue weighted by atomic mass is 79.9. The lowest BCUT2D eigenvalue weighted by Gasteiger charge is -2.13. The van der Waals surface area contributed by atoms with Gasteiger partial charge in [0.05, 0.1) is 18.8 Å². The van der Waals surface area contributed by atoms with Gasteiger partial charge in [0.25, 0.3) is 5.91 Å². The first-order valence-electron chi connectivity index (χ1n) is 6.26. The zero-order chi connectivity index (χ0) is 14.5. The van der Waals surface area contributed by atoms with Crippen molar-refractivity contribution in [2.24, 2.45) is 5.73 Å².